The van der Waals surface area contributed by atoms with Crippen molar-refractivity contribution < 1.29 is 4.74 Å². The van der Waals surface area contributed by atoms with Gasteiger partial charge in [-0.2, -0.15) is 0 Å². The molecule has 18 heavy (non-hydrogen) atoms. The molecule has 1 atom stereocenters. The highest BCUT2D eigenvalue weighted by Crippen LogP contribution is 2.15. The average Bonchev–Trinajstić information content (AvgIpc) is 2.42. The van der Waals surface area contributed by atoms with E-state index in [1.54, 1.807) is 0 Å². The maximum Gasteiger partial charge on any atom is 0.156 e. The molecule has 0 saturated carbocycles. The fourth-order valence-corrected chi connectivity index (χ4v) is 2.56. The van der Waals surface area contributed by atoms with E-state index in [1.807, 2.05) is 42.1 Å². The molecule has 3 nitrogen and oxygen atoms in total. The Morgan fingerprint density at radius 2 is 2.22 bits per heavy atom. The number of aliphatic imine (C=N–C) groups is 1. The van der Waals surface area contributed by atoms with Gasteiger partial charge in [-0.3, -0.25) is 4.99 Å². The number of rotatable bonds is 5. The lowest BCUT2D eigenvalue weighted by Crippen LogP contribution is -2.27. The standard InChI is InChI=1S/C14H20N2OS/c1-12-10-16-14(18-11-12)15-8-5-9-17-13-6-3-2-4-7-13/h2-4,6-7,12H,5,8-11H2,1H3,(H,15,16). The molecule has 2 rings (SSSR count). The topological polar surface area (TPSA) is 33.6 Å². The van der Waals surface area contributed by atoms with Crippen LogP contribution < -0.4 is 10.1 Å². The summed E-state index contributed by atoms with van der Waals surface area (Å²) in [5.41, 5.74) is 0. The van der Waals surface area contributed by atoms with Gasteiger partial charge in [-0.1, -0.05) is 36.9 Å². The molecule has 1 unspecified atom stereocenters. The molecule has 0 spiro atoms. The van der Waals surface area contributed by atoms with Gasteiger partial charge >= 0.3 is 0 Å². The van der Waals surface area contributed by atoms with Crippen molar-refractivity contribution in [1.29, 1.82) is 0 Å². The molecule has 1 aromatic rings. The number of ether oxygens (including phenoxy) is 1. The van der Waals surface area contributed by atoms with Crippen LogP contribution in [0.4, 0.5) is 0 Å². The Kier molecular flexibility index (Phi) is 5.39. The van der Waals surface area contributed by atoms with Crippen LogP contribution in [-0.2, 0) is 0 Å². The molecule has 1 aromatic carbocycles. The van der Waals surface area contributed by atoms with Crippen LogP contribution in [-0.4, -0.2) is 30.6 Å². The smallest absolute Gasteiger partial charge is 0.156 e. The SMILES string of the molecule is CC1CN=C(NCCCOc2ccccc2)SC1. The third-order valence-corrected chi connectivity index (χ3v) is 3.94. The zero-order chi connectivity index (χ0) is 12.6. The van der Waals surface area contributed by atoms with E-state index in [0.29, 0.717) is 5.92 Å². The van der Waals surface area contributed by atoms with E-state index >= 15 is 0 Å². The minimum Gasteiger partial charge on any atom is -0.494 e. The predicted molar refractivity (Wildman–Crippen MR) is 78.5 cm³/mol. The third kappa shape index (κ3) is 4.61. The van der Waals surface area contributed by atoms with Crippen LogP contribution in [0.1, 0.15) is 13.3 Å². The zero-order valence-electron chi connectivity index (χ0n) is 10.8. The first kappa shape index (κ1) is 13.3. The minimum atomic E-state index is 0.710. The molecule has 1 aliphatic heterocycles. The molecule has 1 N–H and O–H groups in total. The number of benzene rings is 1. The molecular weight excluding hydrogens is 244 g/mol. The second kappa shape index (κ2) is 7.31. The summed E-state index contributed by atoms with van der Waals surface area (Å²) in [7, 11) is 0. The van der Waals surface area contributed by atoms with Crippen LogP contribution >= 0.6 is 11.8 Å². The molecule has 0 saturated heterocycles. The van der Waals surface area contributed by atoms with Crippen molar-refractivity contribution in [3.63, 3.8) is 0 Å². The highest BCUT2D eigenvalue weighted by molar-refractivity contribution is 8.13. The number of amidine groups is 1. The van der Waals surface area contributed by atoms with Gasteiger partial charge < -0.3 is 10.1 Å². The largest absolute Gasteiger partial charge is 0.494 e. The van der Waals surface area contributed by atoms with Crippen molar-refractivity contribution in [1.82, 2.24) is 5.32 Å². The van der Waals surface area contributed by atoms with E-state index in [9.17, 15) is 0 Å². The Bertz CT molecular complexity index is 381. The minimum absolute atomic E-state index is 0.710. The molecule has 0 radical (unpaired) electrons. The maximum atomic E-state index is 5.63. The molecule has 0 bridgehead atoms. The second-order valence-electron chi connectivity index (χ2n) is 4.50. The lowest BCUT2D eigenvalue weighted by molar-refractivity contribution is 0.311. The van der Waals surface area contributed by atoms with Crippen molar-refractivity contribution in [3.05, 3.63) is 30.3 Å². The van der Waals surface area contributed by atoms with Gasteiger partial charge in [0.25, 0.3) is 0 Å². The monoisotopic (exact) mass is 264 g/mol. The third-order valence-electron chi connectivity index (χ3n) is 2.66. The number of thioether (sulfide) groups is 1. The van der Waals surface area contributed by atoms with Gasteiger partial charge in [-0.05, 0) is 24.5 Å². The summed E-state index contributed by atoms with van der Waals surface area (Å²) in [6, 6.07) is 9.93. The molecule has 1 heterocycles. The molecule has 0 aromatic heterocycles. The summed E-state index contributed by atoms with van der Waals surface area (Å²) in [5, 5.41) is 4.45. The first-order valence-corrected chi connectivity index (χ1v) is 7.42. The average molecular weight is 264 g/mol. The fourth-order valence-electron chi connectivity index (χ4n) is 1.64. The number of nitrogens with one attached hydrogen (secondary N) is 1. The highest BCUT2D eigenvalue weighted by atomic mass is 32.2. The Morgan fingerprint density at radius 3 is 2.94 bits per heavy atom. The van der Waals surface area contributed by atoms with Crippen LogP contribution in [0.15, 0.2) is 35.3 Å². The normalized spacial score (nSPS) is 19.2. The fraction of sp³-hybridized carbons (Fsp3) is 0.500. The molecule has 0 amide bonds. The van der Waals surface area contributed by atoms with E-state index in [1.165, 1.54) is 5.75 Å². The number of para-hydroxylation sites is 1. The van der Waals surface area contributed by atoms with E-state index in [-0.39, 0.29) is 0 Å². The van der Waals surface area contributed by atoms with Crippen molar-refractivity contribution in [3.8, 4) is 5.75 Å². The Balaban J connectivity index is 1.57. The van der Waals surface area contributed by atoms with Crippen molar-refractivity contribution in [2.24, 2.45) is 10.9 Å². The van der Waals surface area contributed by atoms with Crippen molar-refractivity contribution >= 4 is 16.9 Å². The summed E-state index contributed by atoms with van der Waals surface area (Å²) in [5.74, 6) is 2.82. The van der Waals surface area contributed by atoms with Crippen LogP contribution in [0.25, 0.3) is 0 Å². The van der Waals surface area contributed by atoms with Crippen LogP contribution in [0.3, 0.4) is 0 Å². The Labute approximate surface area is 113 Å². The molecular formula is C14H20N2OS. The molecule has 4 heteroatoms. The highest BCUT2D eigenvalue weighted by Gasteiger charge is 2.10. The van der Waals surface area contributed by atoms with Crippen molar-refractivity contribution in [2.45, 2.75) is 13.3 Å². The predicted octanol–water partition coefficient (Wildman–Crippen LogP) is 2.78. The Hall–Kier alpha value is -1.16. The molecule has 98 valence electrons. The van der Waals surface area contributed by atoms with Crippen LogP contribution in [0.5, 0.6) is 5.75 Å². The zero-order valence-corrected chi connectivity index (χ0v) is 11.6. The summed E-state index contributed by atoms with van der Waals surface area (Å²) >= 11 is 1.82. The summed E-state index contributed by atoms with van der Waals surface area (Å²) in [6.07, 6.45) is 0.990. The van der Waals surface area contributed by atoms with Gasteiger partial charge in [0.05, 0.1) is 6.61 Å². The van der Waals surface area contributed by atoms with E-state index < -0.39 is 0 Å². The number of nitrogens with zero attached hydrogens (tertiary/aromatic N) is 1. The maximum absolute atomic E-state index is 5.63. The van der Waals surface area contributed by atoms with E-state index in [4.69, 9.17) is 4.74 Å². The Morgan fingerprint density at radius 1 is 1.39 bits per heavy atom. The number of hydrogen-bond acceptors (Lipinski definition) is 4. The van der Waals surface area contributed by atoms with E-state index in [0.717, 1.165) is 37.0 Å². The van der Waals surface area contributed by atoms with Gasteiger partial charge in [0.1, 0.15) is 5.75 Å². The lowest BCUT2D eigenvalue weighted by atomic mass is 10.2. The molecule has 1 aliphatic rings. The molecule has 0 aliphatic carbocycles. The van der Waals surface area contributed by atoms with Gasteiger partial charge in [0.15, 0.2) is 5.17 Å². The van der Waals surface area contributed by atoms with Gasteiger partial charge in [0, 0.05) is 18.8 Å². The summed E-state index contributed by atoms with van der Waals surface area (Å²) < 4.78 is 5.63. The first-order chi connectivity index (χ1) is 8.84. The van der Waals surface area contributed by atoms with Crippen molar-refractivity contribution in [2.75, 3.05) is 25.4 Å². The second-order valence-corrected chi connectivity index (χ2v) is 5.51. The van der Waals surface area contributed by atoms with Crippen LogP contribution in [0, 0.1) is 5.92 Å². The first-order valence-electron chi connectivity index (χ1n) is 6.43. The quantitative estimate of drug-likeness (QED) is 0.830. The van der Waals surface area contributed by atoms with Crippen LogP contribution in [0.2, 0.25) is 0 Å². The lowest BCUT2D eigenvalue weighted by Gasteiger charge is -2.17. The van der Waals surface area contributed by atoms with E-state index in [2.05, 4.69) is 17.2 Å². The summed E-state index contributed by atoms with van der Waals surface area (Å²) in [4.78, 5) is 4.49. The van der Waals surface area contributed by atoms with Gasteiger partial charge in [0.2, 0.25) is 0 Å². The van der Waals surface area contributed by atoms with Gasteiger partial charge in [-0.25, -0.2) is 0 Å². The number of hydrogen-bond donors (Lipinski definition) is 1. The molecule has 0 fully saturated rings. The van der Waals surface area contributed by atoms with Gasteiger partial charge in [-0.15, -0.1) is 0 Å². The summed E-state index contributed by atoms with van der Waals surface area (Å²) in [6.45, 7) is 4.86.